The molecule has 2 saturated carbocycles. The van der Waals surface area contributed by atoms with Crippen LogP contribution in [0.15, 0.2) is 36.9 Å². The summed E-state index contributed by atoms with van der Waals surface area (Å²) >= 11 is 0. The fraction of sp³-hybridized carbons (Fsp3) is 0.357. The van der Waals surface area contributed by atoms with Gasteiger partial charge >= 0.3 is 12.3 Å². The van der Waals surface area contributed by atoms with Crippen LogP contribution in [0.3, 0.4) is 0 Å². The smallest absolute Gasteiger partial charge is 0.434 e. The average molecular weight is 582 g/mol. The summed E-state index contributed by atoms with van der Waals surface area (Å²) in [5.74, 6) is 0.207. The predicted octanol–water partition coefficient (Wildman–Crippen LogP) is 5.52. The second-order valence-corrected chi connectivity index (χ2v) is 10.7. The lowest BCUT2D eigenvalue weighted by Gasteiger charge is -2.33. The molecule has 14 heteroatoms. The van der Waals surface area contributed by atoms with Gasteiger partial charge in [-0.2, -0.15) is 13.2 Å². The molecule has 0 atom stereocenters. The molecule has 0 radical (unpaired) electrons. The van der Waals surface area contributed by atoms with Gasteiger partial charge in [0.15, 0.2) is 11.5 Å². The Morgan fingerprint density at radius 1 is 1.14 bits per heavy atom. The zero-order valence-electron chi connectivity index (χ0n) is 22.4. The summed E-state index contributed by atoms with van der Waals surface area (Å²) in [6.07, 6.45) is 1.75. The number of alkyl halides is 3. The number of aryl methyl sites for hydroxylation is 1. The molecule has 4 aromatic rings. The average Bonchev–Trinajstić information content (AvgIpc) is 3.89. The molecule has 1 aromatic carbocycles. The minimum Gasteiger partial charge on any atom is -0.480 e. The molecule has 0 N–H and O–H groups in total. The van der Waals surface area contributed by atoms with Crippen molar-refractivity contribution in [2.45, 2.75) is 49.9 Å². The summed E-state index contributed by atoms with van der Waals surface area (Å²) in [7, 11) is 2.86. The van der Waals surface area contributed by atoms with Gasteiger partial charge in [-0.25, -0.2) is 34.1 Å². The third-order valence-corrected chi connectivity index (χ3v) is 7.73. The molecule has 1 amide bonds. The molecule has 3 aliphatic rings. The second-order valence-electron chi connectivity index (χ2n) is 10.7. The van der Waals surface area contributed by atoms with E-state index in [0.717, 1.165) is 35.4 Å². The molecule has 2 aliphatic carbocycles. The van der Waals surface area contributed by atoms with Crippen molar-refractivity contribution in [2.24, 2.45) is 7.05 Å². The molecule has 216 valence electrons. The Balaban J connectivity index is 1.26. The van der Waals surface area contributed by atoms with Crippen LogP contribution in [0.1, 0.15) is 54.1 Å². The first-order chi connectivity index (χ1) is 20.1. The van der Waals surface area contributed by atoms with Crippen LogP contribution < -0.4 is 9.64 Å². The third-order valence-electron chi connectivity index (χ3n) is 7.73. The molecule has 0 bridgehead atoms. The molecule has 0 unspecified atom stereocenters. The van der Waals surface area contributed by atoms with E-state index in [4.69, 9.17) is 14.5 Å². The van der Waals surface area contributed by atoms with E-state index in [0.29, 0.717) is 47.1 Å². The number of imidazole rings is 1. The fourth-order valence-corrected chi connectivity index (χ4v) is 5.30. The Labute approximate surface area is 236 Å². The summed E-state index contributed by atoms with van der Waals surface area (Å²) in [6.45, 7) is -0.109. The normalized spacial score (nSPS) is 17.3. The van der Waals surface area contributed by atoms with Crippen LogP contribution in [0.25, 0.3) is 22.8 Å². The minimum atomic E-state index is -4.66. The van der Waals surface area contributed by atoms with Crippen LogP contribution >= 0.6 is 0 Å². The number of benzene rings is 1. The quantitative estimate of drug-likeness (QED) is 0.274. The van der Waals surface area contributed by atoms with Gasteiger partial charge in [-0.15, -0.1) is 0 Å². The molecule has 0 saturated heterocycles. The zero-order chi connectivity index (χ0) is 29.4. The number of fused-ring (bicyclic) bond motifs is 2. The molecule has 42 heavy (non-hydrogen) atoms. The van der Waals surface area contributed by atoms with Crippen molar-refractivity contribution in [1.82, 2.24) is 29.5 Å². The first-order valence-corrected chi connectivity index (χ1v) is 13.2. The van der Waals surface area contributed by atoms with Gasteiger partial charge in [0.25, 0.3) is 0 Å². The summed E-state index contributed by atoms with van der Waals surface area (Å²) in [5.41, 5.74) is 0.303. The topological polar surface area (TPSA) is 108 Å². The highest BCUT2D eigenvalue weighted by Crippen LogP contribution is 2.55. The standard InChI is InChI=1S/C28H23F4N7O3/c1-38-12-19(28(30,31)32)36-23(38)16-6-3-14(9-18(16)29)11-39-24-17(27(7-8-27)42-26(39)40)10-33-22(37-24)20-21(15-4-5-15)34-13-35-25(20)41-2/h3,6,9-10,12-13,15H,4-5,7-8,11H2,1-2H3. The number of methoxy groups -OCH3 is 1. The Hall–Kier alpha value is -4.62. The van der Waals surface area contributed by atoms with Crippen LogP contribution in [0, 0.1) is 5.82 Å². The van der Waals surface area contributed by atoms with Gasteiger partial charge < -0.3 is 14.0 Å². The van der Waals surface area contributed by atoms with E-state index in [1.807, 2.05) is 0 Å². The van der Waals surface area contributed by atoms with Crippen LogP contribution in [0.4, 0.5) is 28.2 Å². The van der Waals surface area contributed by atoms with E-state index in [2.05, 4.69) is 19.9 Å². The number of hydrogen-bond acceptors (Lipinski definition) is 8. The first kappa shape index (κ1) is 26.3. The van der Waals surface area contributed by atoms with Gasteiger partial charge in [-0.3, -0.25) is 4.90 Å². The Morgan fingerprint density at radius 2 is 1.93 bits per heavy atom. The highest BCUT2D eigenvalue weighted by molar-refractivity contribution is 5.91. The number of carbonyl (C=O) groups is 1. The number of aromatic nitrogens is 6. The first-order valence-electron chi connectivity index (χ1n) is 13.2. The highest BCUT2D eigenvalue weighted by atomic mass is 19.4. The van der Waals surface area contributed by atoms with Gasteiger partial charge in [0.1, 0.15) is 35.0 Å². The van der Waals surface area contributed by atoms with E-state index < -0.39 is 29.4 Å². The van der Waals surface area contributed by atoms with E-state index >= 15 is 4.39 Å². The Bertz CT molecular complexity index is 1750. The predicted molar refractivity (Wildman–Crippen MR) is 139 cm³/mol. The lowest BCUT2D eigenvalue weighted by atomic mass is 10.1. The number of nitrogens with zero attached hydrogens (tertiary/aromatic N) is 7. The summed E-state index contributed by atoms with van der Waals surface area (Å²) in [6, 6.07) is 4.02. The number of anilines is 1. The Kier molecular flexibility index (Phi) is 5.75. The lowest BCUT2D eigenvalue weighted by molar-refractivity contribution is -0.140. The maximum absolute atomic E-state index is 15.3. The largest absolute Gasteiger partial charge is 0.480 e. The third kappa shape index (κ3) is 4.32. The summed E-state index contributed by atoms with van der Waals surface area (Å²) in [5, 5.41) is 0. The number of hydrogen-bond donors (Lipinski definition) is 0. The van der Waals surface area contributed by atoms with Gasteiger partial charge in [-0.05, 0) is 43.4 Å². The molecule has 4 heterocycles. The summed E-state index contributed by atoms with van der Waals surface area (Å²) in [4.78, 5) is 36.2. The number of amides is 1. The monoisotopic (exact) mass is 581 g/mol. The number of halogens is 4. The molecule has 7 rings (SSSR count). The Morgan fingerprint density at radius 3 is 2.57 bits per heavy atom. The minimum absolute atomic E-state index is 0.108. The maximum Gasteiger partial charge on any atom is 0.434 e. The van der Waals surface area contributed by atoms with Crippen LogP contribution in [-0.4, -0.2) is 42.7 Å². The van der Waals surface area contributed by atoms with Crippen molar-refractivity contribution in [2.75, 3.05) is 12.0 Å². The van der Waals surface area contributed by atoms with E-state index in [1.54, 1.807) is 6.20 Å². The van der Waals surface area contributed by atoms with E-state index in [9.17, 15) is 18.0 Å². The molecule has 10 nitrogen and oxygen atoms in total. The number of rotatable bonds is 6. The van der Waals surface area contributed by atoms with Gasteiger partial charge in [-0.1, -0.05) is 6.07 Å². The zero-order valence-corrected chi connectivity index (χ0v) is 22.4. The van der Waals surface area contributed by atoms with Crippen LogP contribution in [-0.2, 0) is 30.1 Å². The van der Waals surface area contributed by atoms with Crippen molar-refractivity contribution >= 4 is 11.9 Å². The van der Waals surface area contributed by atoms with Gasteiger partial charge in [0.2, 0.25) is 5.88 Å². The fourth-order valence-electron chi connectivity index (χ4n) is 5.30. The maximum atomic E-state index is 15.3. The van der Waals surface area contributed by atoms with Gasteiger partial charge in [0, 0.05) is 25.4 Å². The molecule has 3 aromatic heterocycles. The molecular weight excluding hydrogens is 558 g/mol. The number of carbonyl (C=O) groups excluding carboxylic acids is 1. The van der Waals surface area contributed by atoms with Crippen LogP contribution in [0.5, 0.6) is 5.88 Å². The summed E-state index contributed by atoms with van der Waals surface area (Å²) < 4.78 is 67.1. The van der Waals surface area contributed by atoms with Crippen molar-refractivity contribution in [3.63, 3.8) is 0 Å². The SMILES string of the molecule is COc1ncnc(C2CC2)c1-c1ncc2c(n1)N(Cc1ccc(-c3nc(C(F)(F)F)cn3C)c(F)c1)C(=O)OC21CC1. The number of ether oxygens (including phenoxy) is 2. The van der Waals surface area contributed by atoms with E-state index in [1.165, 1.54) is 37.5 Å². The van der Waals surface area contributed by atoms with Crippen molar-refractivity contribution in [3.8, 4) is 28.7 Å². The molecule has 2 fully saturated rings. The van der Waals surface area contributed by atoms with Crippen LogP contribution in [0.2, 0.25) is 0 Å². The molecule has 1 aliphatic heterocycles. The van der Waals surface area contributed by atoms with E-state index in [-0.39, 0.29) is 23.9 Å². The van der Waals surface area contributed by atoms with Crippen molar-refractivity contribution in [1.29, 1.82) is 0 Å². The molecular formula is C28H23F4N7O3. The second kappa shape index (κ2) is 9.19. The van der Waals surface area contributed by atoms with Crippen molar-refractivity contribution < 1.29 is 31.8 Å². The molecule has 1 spiro atoms. The van der Waals surface area contributed by atoms with Gasteiger partial charge in [0.05, 0.1) is 30.5 Å². The van der Waals surface area contributed by atoms with Crippen molar-refractivity contribution in [3.05, 3.63) is 65.3 Å². The lowest BCUT2D eigenvalue weighted by Crippen LogP contribution is -2.41. The highest BCUT2D eigenvalue weighted by Gasteiger charge is 2.55.